The van der Waals surface area contributed by atoms with Crippen molar-refractivity contribution in [3.05, 3.63) is 0 Å². The Bertz CT molecular complexity index is 325. The zero-order valence-corrected chi connectivity index (χ0v) is 11.2. The minimum absolute atomic E-state index is 0.0186. The lowest BCUT2D eigenvalue weighted by atomic mass is 10.0. The molecule has 2 fully saturated rings. The SMILES string of the molecule is CC1CCCN(C(N)=NCC(=O)NCC2CC2)C1. The molecule has 5 nitrogen and oxygen atoms in total. The molecule has 0 bridgehead atoms. The fourth-order valence-electron chi connectivity index (χ4n) is 2.29. The number of nitrogens with two attached hydrogens (primary N) is 1. The van der Waals surface area contributed by atoms with Gasteiger partial charge in [-0.3, -0.25) is 4.79 Å². The Morgan fingerprint density at radius 1 is 1.44 bits per heavy atom. The van der Waals surface area contributed by atoms with Crippen LogP contribution in [0.3, 0.4) is 0 Å². The summed E-state index contributed by atoms with van der Waals surface area (Å²) in [6.07, 6.45) is 4.91. The van der Waals surface area contributed by atoms with Gasteiger partial charge >= 0.3 is 0 Å². The highest BCUT2D eigenvalue weighted by Crippen LogP contribution is 2.27. The largest absolute Gasteiger partial charge is 0.370 e. The molecule has 0 radical (unpaired) electrons. The molecule has 1 saturated carbocycles. The van der Waals surface area contributed by atoms with Crippen molar-refractivity contribution < 1.29 is 4.79 Å². The van der Waals surface area contributed by atoms with Crippen molar-refractivity contribution in [2.24, 2.45) is 22.6 Å². The van der Waals surface area contributed by atoms with Crippen LogP contribution < -0.4 is 11.1 Å². The summed E-state index contributed by atoms with van der Waals surface area (Å²) in [5, 5.41) is 2.89. The lowest BCUT2D eigenvalue weighted by Gasteiger charge is -2.31. The van der Waals surface area contributed by atoms with Gasteiger partial charge < -0.3 is 16.0 Å². The van der Waals surface area contributed by atoms with Gasteiger partial charge in [0.05, 0.1) is 0 Å². The molecule has 1 saturated heterocycles. The molecule has 18 heavy (non-hydrogen) atoms. The molecule has 0 aromatic carbocycles. The molecule has 1 aliphatic heterocycles. The molecule has 1 aliphatic carbocycles. The van der Waals surface area contributed by atoms with Gasteiger partial charge in [-0.15, -0.1) is 0 Å². The first-order valence-electron chi connectivity index (χ1n) is 6.96. The van der Waals surface area contributed by atoms with Crippen LogP contribution in [0, 0.1) is 11.8 Å². The highest BCUT2D eigenvalue weighted by atomic mass is 16.1. The Labute approximate surface area is 109 Å². The predicted octanol–water partition coefficient (Wildman–Crippen LogP) is 0.559. The van der Waals surface area contributed by atoms with Crippen molar-refractivity contribution in [3.63, 3.8) is 0 Å². The van der Waals surface area contributed by atoms with E-state index in [2.05, 4.69) is 22.1 Å². The van der Waals surface area contributed by atoms with Crippen LogP contribution in [-0.4, -0.2) is 42.9 Å². The van der Waals surface area contributed by atoms with Gasteiger partial charge in [0.2, 0.25) is 5.91 Å². The van der Waals surface area contributed by atoms with Crippen LogP contribution in [0.5, 0.6) is 0 Å². The van der Waals surface area contributed by atoms with Crippen LogP contribution in [0.4, 0.5) is 0 Å². The van der Waals surface area contributed by atoms with Crippen LogP contribution in [0.1, 0.15) is 32.6 Å². The summed E-state index contributed by atoms with van der Waals surface area (Å²) >= 11 is 0. The van der Waals surface area contributed by atoms with Crippen molar-refractivity contribution >= 4 is 11.9 Å². The van der Waals surface area contributed by atoms with Gasteiger partial charge in [-0.1, -0.05) is 6.92 Å². The van der Waals surface area contributed by atoms with E-state index in [4.69, 9.17) is 5.73 Å². The van der Waals surface area contributed by atoms with Crippen LogP contribution >= 0.6 is 0 Å². The topological polar surface area (TPSA) is 70.7 Å². The average molecular weight is 252 g/mol. The molecule has 0 spiro atoms. The molecule has 0 aromatic rings. The minimum Gasteiger partial charge on any atom is -0.370 e. The van der Waals surface area contributed by atoms with Crippen LogP contribution in [-0.2, 0) is 4.79 Å². The molecule has 1 amide bonds. The second kappa shape index (κ2) is 6.07. The van der Waals surface area contributed by atoms with Crippen LogP contribution in [0.25, 0.3) is 0 Å². The maximum absolute atomic E-state index is 11.5. The van der Waals surface area contributed by atoms with Crippen molar-refractivity contribution in [1.82, 2.24) is 10.2 Å². The molecule has 1 heterocycles. The Hall–Kier alpha value is -1.26. The standard InChI is InChI=1S/C13H24N4O/c1-10-3-2-6-17(9-10)13(14)16-8-12(18)15-7-11-4-5-11/h10-11H,2-9H2,1H3,(H2,14,16)(H,15,18). The number of hydrogen-bond acceptors (Lipinski definition) is 2. The number of likely N-dealkylation sites (tertiary alicyclic amines) is 1. The van der Waals surface area contributed by atoms with E-state index >= 15 is 0 Å². The first-order chi connectivity index (χ1) is 8.65. The number of piperidine rings is 1. The minimum atomic E-state index is -0.0186. The molecule has 1 unspecified atom stereocenters. The second-order valence-electron chi connectivity index (χ2n) is 5.62. The van der Waals surface area contributed by atoms with Gasteiger partial charge in [-0.25, -0.2) is 4.99 Å². The Kier molecular flexibility index (Phi) is 4.44. The molecule has 2 aliphatic rings. The number of amides is 1. The van der Waals surface area contributed by atoms with Crippen molar-refractivity contribution in [2.45, 2.75) is 32.6 Å². The lowest BCUT2D eigenvalue weighted by molar-refractivity contribution is -0.119. The monoisotopic (exact) mass is 252 g/mol. The maximum Gasteiger partial charge on any atom is 0.241 e. The van der Waals surface area contributed by atoms with Crippen molar-refractivity contribution in [3.8, 4) is 0 Å². The maximum atomic E-state index is 11.5. The van der Waals surface area contributed by atoms with E-state index in [9.17, 15) is 4.79 Å². The first kappa shape index (κ1) is 13.2. The van der Waals surface area contributed by atoms with Gasteiger partial charge in [-0.2, -0.15) is 0 Å². The highest BCUT2D eigenvalue weighted by molar-refractivity contribution is 5.84. The summed E-state index contributed by atoms with van der Waals surface area (Å²) in [5.41, 5.74) is 5.92. The average Bonchev–Trinajstić information content (AvgIpc) is 3.17. The summed E-state index contributed by atoms with van der Waals surface area (Å²) in [5.74, 6) is 1.87. The highest BCUT2D eigenvalue weighted by Gasteiger charge is 2.21. The summed E-state index contributed by atoms with van der Waals surface area (Å²) < 4.78 is 0. The number of carbonyl (C=O) groups is 1. The van der Waals surface area contributed by atoms with Gasteiger partial charge in [-0.05, 0) is 37.5 Å². The molecule has 1 atom stereocenters. The van der Waals surface area contributed by atoms with E-state index in [-0.39, 0.29) is 12.5 Å². The van der Waals surface area contributed by atoms with Gasteiger partial charge in [0.15, 0.2) is 5.96 Å². The van der Waals surface area contributed by atoms with E-state index in [0.717, 1.165) is 26.1 Å². The Morgan fingerprint density at radius 2 is 2.22 bits per heavy atom. The third-order valence-corrected chi connectivity index (χ3v) is 3.65. The fraction of sp³-hybridized carbons (Fsp3) is 0.846. The van der Waals surface area contributed by atoms with Gasteiger partial charge in [0, 0.05) is 19.6 Å². The van der Waals surface area contributed by atoms with Crippen LogP contribution in [0.2, 0.25) is 0 Å². The number of nitrogens with one attached hydrogen (secondary N) is 1. The summed E-state index contributed by atoms with van der Waals surface area (Å²) in [6, 6.07) is 0. The summed E-state index contributed by atoms with van der Waals surface area (Å²) in [7, 11) is 0. The second-order valence-corrected chi connectivity index (χ2v) is 5.62. The number of aliphatic imine (C=N–C) groups is 1. The number of rotatable bonds is 4. The number of hydrogen-bond donors (Lipinski definition) is 2. The van der Waals surface area contributed by atoms with E-state index in [1.165, 1.54) is 19.3 Å². The zero-order valence-electron chi connectivity index (χ0n) is 11.2. The smallest absolute Gasteiger partial charge is 0.241 e. The molecule has 102 valence electrons. The third-order valence-electron chi connectivity index (χ3n) is 3.65. The van der Waals surface area contributed by atoms with E-state index < -0.39 is 0 Å². The molecule has 0 aromatic heterocycles. The molecule has 5 heteroatoms. The molecular formula is C13H24N4O. The fourth-order valence-corrected chi connectivity index (χ4v) is 2.29. The normalized spacial score (nSPS) is 25.1. The quantitative estimate of drug-likeness (QED) is 0.567. The summed E-state index contributed by atoms with van der Waals surface area (Å²) in [6.45, 7) is 5.10. The molecule has 3 N–H and O–H groups in total. The predicted molar refractivity (Wildman–Crippen MR) is 72.2 cm³/mol. The Morgan fingerprint density at radius 3 is 2.89 bits per heavy atom. The lowest BCUT2D eigenvalue weighted by Crippen LogP contribution is -2.44. The van der Waals surface area contributed by atoms with E-state index in [1.54, 1.807) is 0 Å². The van der Waals surface area contributed by atoms with E-state index in [1.807, 2.05) is 0 Å². The van der Waals surface area contributed by atoms with Crippen LogP contribution in [0.15, 0.2) is 4.99 Å². The van der Waals surface area contributed by atoms with E-state index in [0.29, 0.717) is 17.8 Å². The van der Waals surface area contributed by atoms with Crippen molar-refractivity contribution in [2.75, 3.05) is 26.2 Å². The molecular weight excluding hydrogens is 228 g/mol. The zero-order chi connectivity index (χ0) is 13.0. The molecule has 2 rings (SSSR count). The van der Waals surface area contributed by atoms with Gasteiger partial charge in [0.1, 0.15) is 6.54 Å². The number of guanidine groups is 1. The first-order valence-corrected chi connectivity index (χ1v) is 6.96. The van der Waals surface area contributed by atoms with Crippen molar-refractivity contribution in [1.29, 1.82) is 0 Å². The van der Waals surface area contributed by atoms with Gasteiger partial charge in [0.25, 0.3) is 0 Å². The Balaban J connectivity index is 1.71. The number of carbonyl (C=O) groups excluding carboxylic acids is 1. The number of nitrogens with zero attached hydrogens (tertiary/aromatic N) is 2. The third kappa shape index (κ3) is 4.20. The summed E-state index contributed by atoms with van der Waals surface area (Å²) in [4.78, 5) is 17.8.